The topological polar surface area (TPSA) is 54.2 Å². The number of benzene rings is 1. The summed E-state index contributed by atoms with van der Waals surface area (Å²) in [5, 5.41) is 6.54. The van der Waals surface area contributed by atoms with Gasteiger partial charge < -0.3 is 15.2 Å². The average molecular weight is 552 g/mol. The van der Waals surface area contributed by atoms with Gasteiger partial charge in [-0.05, 0) is 36.5 Å². The molecule has 1 aromatic heterocycles. The third-order valence-electron chi connectivity index (χ3n) is 3.93. The molecule has 2 rings (SSSR count). The van der Waals surface area contributed by atoms with Gasteiger partial charge >= 0.3 is 0 Å². The Kier molecular flexibility index (Phi) is 10.9. The minimum atomic E-state index is -0.168. The smallest absolute Gasteiger partial charge is 0.191 e. The predicted molar refractivity (Wildman–Crippen MR) is 123 cm³/mol. The van der Waals surface area contributed by atoms with Gasteiger partial charge in [-0.1, -0.05) is 35.8 Å². The Morgan fingerprint density at radius 1 is 1.33 bits per heavy atom. The van der Waals surface area contributed by atoms with Crippen molar-refractivity contribution >= 4 is 45.9 Å². The number of hydrogen-bond donors (Lipinski definition) is 2. The Morgan fingerprint density at radius 2 is 2.11 bits per heavy atom. The van der Waals surface area contributed by atoms with E-state index >= 15 is 0 Å². The lowest BCUT2D eigenvalue weighted by Gasteiger charge is -2.14. The van der Waals surface area contributed by atoms with Gasteiger partial charge in [0.15, 0.2) is 5.96 Å². The summed E-state index contributed by atoms with van der Waals surface area (Å²) in [5.74, 6) is 2.11. The molecule has 0 atom stereocenters. The van der Waals surface area contributed by atoms with Crippen molar-refractivity contribution in [2.24, 2.45) is 10.9 Å². The number of imidazole rings is 1. The van der Waals surface area contributed by atoms with E-state index in [-0.39, 0.29) is 29.8 Å². The van der Waals surface area contributed by atoms with Crippen LogP contribution >= 0.6 is 39.9 Å². The molecular weight excluding hydrogens is 524 g/mol. The van der Waals surface area contributed by atoms with Gasteiger partial charge in [-0.25, -0.2) is 9.37 Å². The molecule has 27 heavy (non-hydrogen) atoms. The number of rotatable bonds is 8. The molecule has 0 saturated carbocycles. The zero-order valence-corrected chi connectivity index (χ0v) is 19.9. The van der Waals surface area contributed by atoms with E-state index in [2.05, 4.69) is 55.0 Å². The molecule has 5 nitrogen and oxygen atoms in total. The summed E-state index contributed by atoms with van der Waals surface area (Å²) in [6.07, 6.45) is 5.32. The molecule has 8 heteroatoms. The lowest BCUT2D eigenvalue weighted by molar-refractivity contribution is 0.503. The van der Waals surface area contributed by atoms with Crippen LogP contribution in [0.1, 0.15) is 31.7 Å². The Balaban J connectivity index is 0.00000364. The molecule has 0 radical (unpaired) electrons. The molecule has 0 unspecified atom stereocenters. The molecule has 0 spiro atoms. The number of nitrogens with one attached hydrogen (secondary N) is 2. The van der Waals surface area contributed by atoms with Crippen LogP contribution in [-0.2, 0) is 19.5 Å². The first-order valence-electron chi connectivity index (χ1n) is 8.88. The van der Waals surface area contributed by atoms with E-state index in [1.807, 2.05) is 24.5 Å². The summed E-state index contributed by atoms with van der Waals surface area (Å²) in [5.41, 5.74) is 0.730. The minimum Gasteiger partial charge on any atom is -0.356 e. The maximum atomic E-state index is 13.8. The van der Waals surface area contributed by atoms with E-state index in [0.29, 0.717) is 18.9 Å². The molecule has 150 valence electrons. The summed E-state index contributed by atoms with van der Waals surface area (Å²) in [4.78, 5) is 8.63. The van der Waals surface area contributed by atoms with Crippen LogP contribution in [-0.4, -0.2) is 29.1 Å². The fraction of sp³-hybridized carbons (Fsp3) is 0.474. The summed E-state index contributed by atoms with van der Waals surface area (Å²) in [7, 11) is 1.74. The number of aryl methyl sites for hydroxylation is 1. The van der Waals surface area contributed by atoms with Gasteiger partial charge in [0, 0.05) is 37.0 Å². The molecule has 0 bridgehead atoms. The van der Waals surface area contributed by atoms with Crippen molar-refractivity contribution in [3.63, 3.8) is 0 Å². The van der Waals surface area contributed by atoms with Crippen molar-refractivity contribution in [1.82, 2.24) is 20.2 Å². The molecule has 0 saturated heterocycles. The van der Waals surface area contributed by atoms with Crippen molar-refractivity contribution < 1.29 is 4.39 Å². The number of nitrogens with zero attached hydrogens (tertiary/aromatic N) is 3. The van der Waals surface area contributed by atoms with Crippen LogP contribution < -0.4 is 10.6 Å². The maximum Gasteiger partial charge on any atom is 0.191 e. The zero-order valence-electron chi connectivity index (χ0n) is 16.0. The molecule has 0 aliphatic rings. The lowest BCUT2D eigenvalue weighted by atomic mass is 10.1. The first-order valence-corrected chi connectivity index (χ1v) is 9.67. The van der Waals surface area contributed by atoms with Crippen molar-refractivity contribution in [3.8, 4) is 0 Å². The summed E-state index contributed by atoms with van der Waals surface area (Å²) in [6.45, 7) is 6.65. The quantitative estimate of drug-likeness (QED) is 0.222. The van der Waals surface area contributed by atoms with Crippen LogP contribution in [0.15, 0.2) is 40.1 Å². The highest BCUT2D eigenvalue weighted by atomic mass is 127. The highest BCUT2D eigenvalue weighted by Crippen LogP contribution is 2.16. The third kappa shape index (κ3) is 8.16. The fourth-order valence-electron chi connectivity index (χ4n) is 2.66. The first kappa shape index (κ1) is 23.9. The monoisotopic (exact) mass is 551 g/mol. The van der Waals surface area contributed by atoms with Crippen LogP contribution in [0, 0.1) is 11.7 Å². The Morgan fingerprint density at radius 3 is 2.78 bits per heavy atom. The van der Waals surface area contributed by atoms with Gasteiger partial charge in [0.2, 0.25) is 0 Å². The average Bonchev–Trinajstić information content (AvgIpc) is 3.02. The molecule has 0 amide bonds. The molecule has 0 aliphatic heterocycles. The van der Waals surface area contributed by atoms with Gasteiger partial charge in [0.05, 0.1) is 6.54 Å². The van der Waals surface area contributed by atoms with E-state index in [4.69, 9.17) is 0 Å². The van der Waals surface area contributed by atoms with E-state index < -0.39 is 0 Å². The van der Waals surface area contributed by atoms with Crippen LogP contribution in [0.3, 0.4) is 0 Å². The maximum absolute atomic E-state index is 13.8. The van der Waals surface area contributed by atoms with Crippen LogP contribution in [0.5, 0.6) is 0 Å². The molecule has 1 aromatic carbocycles. The van der Waals surface area contributed by atoms with Crippen molar-refractivity contribution in [1.29, 1.82) is 0 Å². The van der Waals surface area contributed by atoms with Gasteiger partial charge in [-0.2, -0.15) is 0 Å². The first-order chi connectivity index (χ1) is 12.5. The number of aromatic nitrogens is 2. The Hall–Kier alpha value is -1.16. The summed E-state index contributed by atoms with van der Waals surface area (Å²) >= 11 is 3.27. The second-order valence-electron chi connectivity index (χ2n) is 6.58. The normalized spacial score (nSPS) is 11.4. The molecule has 1 heterocycles. The zero-order chi connectivity index (χ0) is 18.9. The number of guanidine groups is 1. The Bertz CT molecular complexity index is 733. The number of aliphatic imine (C=N–C) groups is 1. The number of hydrogen-bond acceptors (Lipinski definition) is 2. The van der Waals surface area contributed by atoms with Gasteiger partial charge in [0.25, 0.3) is 0 Å². The van der Waals surface area contributed by atoms with Crippen LogP contribution in [0.4, 0.5) is 4.39 Å². The lowest BCUT2D eigenvalue weighted by Crippen LogP contribution is -2.38. The SMILES string of the molecule is CN=C(NCCCc1ccc(Br)cc1F)NCc1nccn1CC(C)C.I. The van der Waals surface area contributed by atoms with E-state index in [1.165, 1.54) is 6.07 Å². The van der Waals surface area contributed by atoms with E-state index in [1.54, 1.807) is 7.05 Å². The summed E-state index contributed by atoms with van der Waals surface area (Å²) < 4.78 is 16.7. The third-order valence-corrected chi connectivity index (χ3v) is 4.42. The van der Waals surface area contributed by atoms with Crippen molar-refractivity contribution in [2.45, 2.75) is 39.8 Å². The van der Waals surface area contributed by atoms with Crippen LogP contribution in [0.2, 0.25) is 0 Å². The van der Waals surface area contributed by atoms with Crippen molar-refractivity contribution in [3.05, 3.63) is 52.3 Å². The number of halogens is 3. The standard InChI is InChI=1S/C19H27BrFN5.HI/c1-14(2)13-26-10-9-23-18(26)12-25-19(22-3)24-8-4-5-15-6-7-16(20)11-17(15)21;/h6-7,9-11,14H,4-5,8,12-13H2,1-3H3,(H2,22,24,25);1H. The fourth-order valence-corrected chi connectivity index (χ4v) is 2.99. The molecule has 0 fully saturated rings. The molecular formula is C19H28BrFIN5. The predicted octanol–water partition coefficient (Wildman–Crippen LogP) is 4.36. The van der Waals surface area contributed by atoms with Gasteiger partial charge in [-0.15, -0.1) is 24.0 Å². The van der Waals surface area contributed by atoms with Gasteiger partial charge in [0.1, 0.15) is 11.6 Å². The van der Waals surface area contributed by atoms with Crippen molar-refractivity contribution in [2.75, 3.05) is 13.6 Å². The minimum absolute atomic E-state index is 0. The highest BCUT2D eigenvalue weighted by molar-refractivity contribution is 14.0. The van der Waals surface area contributed by atoms with E-state index in [0.717, 1.165) is 41.3 Å². The van der Waals surface area contributed by atoms with Crippen LogP contribution in [0.25, 0.3) is 0 Å². The summed E-state index contributed by atoms with van der Waals surface area (Å²) in [6, 6.07) is 5.19. The second kappa shape index (κ2) is 12.3. The van der Waals surface area contributed by atoms with E-state index in [9.17, 15) is 4.39 Å². The Labute approximate surface area is 186 Å². The highest BCUT2D eigenvalue weighted by Gasteiger charge is 2.06. The largest absolute Gasteiger partial charge is 0.356 e. The second-order valence-corrected chi connectivity index (χ2v) is 7.50. The molecule has 0 aliphatic carbocycles. The van der Waals surface area contributed by atoms with Gasteiger partial charge in [-0.3, -0.25) is 4.99 Å². The molecule has 2 aromatic rings. The molecule has 2 N–H and O–H groups in total.